The Hall–Kier alpha value is -0.340. The van der Waals surface area contributed by atoms with Crippen molar-refractivity contribution in [2.45, 2.75) is 25.0 Å². The van der Waals surface area contributed by atoms with Crippen LogP contribution in [0, 0.1) is 0 Å². The highest BCUT2D eigenvalue weighted by Gasteiger charge is 2.34. The van der Waals surface area contributed by atoms with E-state index in [9.17, 15) is 0 Å². The molecule has 56 valence electrons. The average molecular weight is 140 g/mol. The summed E-state index contributed by atoms with van der Waals surface area (Å²) >= 11 is 0. The van der Waals surface area contributed by atoms with Gasteiger partial charge < -0.3 is 9.47 Å². The molecule has 0 bridgehead atoms. The van der Waals surface area contributed by atoms with Crippen molar-refractivity contribution >= 4 is 0 Å². The zero-order chi connectivity index (χ0) is 6.97. The second-order valence-corrected chi connectivity index (χ2v) is 2.94. The second-order valence-electron chi connectivity index (χ2n) is 2.94. The molecular weight excluding hydrogens is 128 g/mol. The Kier molecular flexibility index (Phi) is 1.51. The van der Waals surface area contributed by atoms with Gasteiger partial charge in [-0.25, -0.2) is 0 Å². The van der Waals surface area contributed by atoms with Crippen LogP contribution >= 0.6 is 0 Å². The Bertz CT molecular complexity index is 153. The lowest BCUT2D eigenvalue weighted by Gasteiger charge is -2.24. The Labute approximate surface area is 60.8 Å². The van der Waals surface area contributed by atoms with Crippen LogP contribution in [0.3, 0.4) is 0 Å². The molecule has 0 unspecified atom stereocenters. The van der Waals surface area contributed by atoms with Gasteiger partial charge in [-0.2, -0.15) is 0 Å². The smallest absolute Gasteiger partial charge is 0.107 e. The minimum atomic E-state index is 0.216. The molecule has 0 aromatic carbocycles. The van der Waals surface area contributed by atoms with Gasteiger partial charge in [-0.3, -0.25) is 0 Å². The van der Waals surface area contributed by atoms with Gasteiger partial charge in [0.25, 0.3) is 0 Å². The highest BCUT2D eigenvalue weighted by molar-refractivity contribution is 5.11. The number of rotatable bonds is 0. The monoisotopic (exact) mass is 140 g/mol. The van der Waals surface area contributed by atoms with Gasteiger partial charge in [0.05, 0.1) is 12.7 Å². The summed E-state index contributed by atoms with van der Waals surface area (Å²) in [6.45, 7) is 5.47. The summed E-state index contributed by atoms with van der Waals surface area (Å²) in [7, 11) is 0. The van der Waals surface area contributed by atoms with Crippen LogP contribution in [0.25, 0.3) is 0 Å². The van der Waals surface area contributed by atoms with Crippen LogP contribution in [0.5, 0.6) is 0 Å². The van der Waals surface area contributed by atoms with Crippen molar-refractivity contribution < 1.29 is 9.47 Å². The summed E-state index contributed by atoms with van der Waals surface area (Å²) in [6, 6.07) is 0. The SMILES string of the molecule is C=C1CO[C@@H]2CCCO[C@H]12. The van der Waals surface area contributed by atoms with E-state index in [4.69, 9.17) is 9.47 Å². The molecule has 0 saturated carbocycles. The fraction of sp³-hybridized carbons (Fsp3) is 0.750. The van der Waals surface area contributed by atoms with Gasteiger partial charge in [-0.05, 0) is 18.4 Å². The number of hydrogen-bond donors (Lipinski definition) is 0. The molecule has 0 aromatic heterocycles. The van der Waals surface area contributed by atoms with Gasteiger partial charge in [0, 0.05) is 6.61 Å². The van der Waals surface area contributed by atoms with Gasteiger partial charge in [-0.1, -0.05) is 6.58 Å². The van der Waals surface area contributed by atoms with Gasteiger partial charge in [0.2, 0.25) is 0 Å². The molecular formula is C8H12O2. The van der Waals surface area contributed by atoms with Crippen LogP contribution in [0.15, 0.2) is 12.2 Å². The van der Waals surface area contributed by atoms with E-state index < -0.39 is 0 Å². The van der Waals surface area contributed by atoms with E-state index in [0.29, 0.717) is 12.7 Å². The Morgan fingerprint density at radius 3 is 3.10 bits per heavy atom. The number of hydrogen-bond acceptors (Lipinski definition) is 2. The van der Waals surface area contributed by atoms with Crippen molar-refractivity contribution in [3.63, 3.8) is 0 Å². The maximum atomic E-state index is 5.49. The molecule has 2 aliphatic rings. The molecule has 2 nitrogen and oxygen atoms in total. The van der Waals surface area contributed by atoms with Crippen molar-refractivity contribution in [3.05, 3.63) is 12.2 Å². The lowest BCUT2D eigenvalue weighted by atomic mass is 10.0. The second kappa shape index (κ2) is 2.36. The first-order valence-corrected chi connectivity index (χ1v) is 3.79. The topological polar surface area (TPSA) is 18.5 Å². The normalized spacial score (nSPS) is 39.8. The first-order valence-electron chi connectivity index (χ1n) is 3.79. The molecule has 2 heteroatoms. The van der Waals surface area contributed by atoms with Crippen LogP contribution in [0.4, 0.5) is 0 Å². The number of fused-ring (bicyclic) bond motifs is 1. The van der Waals surface area contributed by atoms with Gasteiger partial charge in [0.1, 0.15) is 6.10 Å². The van der Waals surface area contributed by atoms with Crippen LogP contribution in [-0.4, -0.2) is 25.4 Å². The van der Waals surface area contributed by atoms with Gasteiger partial charge in [-0.15, -0.1) is 0 Å². The predicted octanol–water partition coefficient (Wildman–Crippen LogP) is 1.12. The zero-order valence-electron chi connectivity index (χ0n) is 6.01. The van der Waals surface area contributed by atoms with E-state index in [1.165, 1.54) is 0 Å². The van der Waals surface area contributed by atoms with Crippen LogP contribution in [0.2, 0.25) is 0 Å². The molecule has 0 amide bonds. The summed E-state index contributed by atoms with van der Waals surface area (Å²) in [4.78, 5) is 0. The first kappa shape index (κ1) is 6.38. The Morgan fingerprint density at radius 1 is 1.40 bits per heavy atom. The number of ether oxygens (including phenoxy) is 2. The molecule has 0 aliphatic carbocycles. The molecule has 2 heterocycles. The molecule has 0 spiro atoms. The third kappa shape index (κ3) is 0.879. The molecule has 2 saturated heterocycles. The Morgan fingerprint density at radius 2 is 2.30 bits per heavy atom. The zero-order valence-corrected chi connectivity index (χ0v) is 6.01. The summed E-state index contributed by atoms with van der Waals surface area (Å²) in [6.07, 6.45) is 2.81. The third-order valence-electron chi connectivity index (χ3n) is 2.15. The van der Waals surface area contributed by atoms with E-state index in [0.717, 1.165) is 25.0 Å². The molecule has 10 heavy (non-hydrogen) atoms. The molecule has 0 radical (unpaired) electrons. The first-order chi connectivity index (χ1) is 4.88. The predicted molar refractivity (Wildman–Crippen MR) is 37.9 cm³/mol. The average Bonchev–Trinajstić information content (AvgIpc) is 2.34. The molecule has 2 rings (SSSR count). The quantitative estimate of drug-likeness (QED) is 0.469. The van der Waals surface area contributed by atoms with Crippen LogP contribution in [0.1, 0.15) is 12.8 Å². The van der Waals surface area contributed by atoms with Gasteiger partial charge in [0.15, 0.2) is 0 Å². The minimum absolute atomic E-state index is 0.216. The fourth-order valence-corrected chi connectivity index (χ4v) is 1.60. The van der Waals surface area contributed by atoms with Crippen LogP contribution < -0.4 is 0 Å². The van der Waals surface area contributed by atoms with Crippen molar-refractivity contribution in [2.75, 3.05) is 13.2 Å². The highest BCUT2D eigenvalue weighted by atomic mass is 16.6. The fourth-order valence-electron chi connectivity index (χ4n) is 1.60. The largest absolute Gasteiger partial charge is 0.371 e. The molecule has 2 atom stereocenters. The van der Waals surface area contributed by atoms with Gasteiger partial charge >= 0.3 is 0 Å². The standard InChI is InChI=1S/C8H12O2/c1-6-5-10-7-3-2-4-9-8(6)7/h7-8H,1-5H2/t7-,8-/m1/s1. The van der Waals surface area contributed by atoms with E-state index in [2.05, 4.69) is 6.58 Å². The van der Waals surface area contributed by atoms with Crippen molar-refractivity contribution in [1.82, 2.24) is 0 Å². The summed E-state index contributed by atoms with van der Waals surface area (Å²) in [5.74, 6) is 0. The molecule has 0 N–H and O–H groups in total. The summed E-state index contributed by atoms with van der Waals surface area (Å²) in [5, 5.41) is 0. The summed E-state index contributed by atoms with van der Waals surface area (Å²) < 4.78 is 10.9. The highest BCUT2D eigenvalue weighted by Crippen LogP contribution is 2.28. The van der Waals surface area contributed by atoms with E-state index in [1.54, 1.807) is 0 Å². The van der Waals surface area contributed by atoms with Crippen molar-refractivity contribution in [1.29, 1.82) is 0 Å². The van der Waals surface area contributed by atoms with E-state index in [-0.39, 0.29) is 6.10 Å². The lowest BCUT2D eigenvalue weighted by molar-refractivity contribution is -0.0411. The summed E-state index contributed by atoms with van der Waals surface area (Å²) in [5.41, 5.74) is 1.12. The van der Waals surface area contributed by atoms with E-state index in [1.807, 2.05) is 0 Å². The minimum Gasteiger partial charge on any atom is -0.371 e. The maximum absolute atomic E-state index is 5.49. The molecule has 0 aromatic rings. The van der Waals surface area contributed by atoms with Crippen LogP contribution in [-0.2, 0) is 9.47 Å². The van der Waals surface area contributed by atoms with Crippen molar-refractivity contribution in [2.24, 2.45) is 0 Å². The Balaban J connectivity index is 2.08. The molecule has 2 aliphatic heterocycles. The maximum Gasteiger partial charge on any atom is 0.107 e. The van der Waals surface area contributed by atoms with Crippen molar-refractivity contribution in [3.8, 4) is 0 Å². The molecule has 2 fully saturated rings. The van der Waals surface area contributed by atoms with E-state index >= 15 is 0 Å². The lowest BCUT2D eigenvalue weighted by Crippen LogP contribution is -2.30. The third-order valence-corrected chi connectivity index (χ3v) is 2.15.